The first kappa shape index (κ1) is 6.08. The van der Waals surface area contributed by atoms with Gasteiger partial charge in [0.25, 0.3) is 0 Å². The number of hydrogen-bond acceptors (Lipinski definition) is 2. The van der Waals surface area contributed by atoms with Gasteiger partial charge in [0.05, 0.1) is 5.70 Å². The first-order valence-corrected chi connectivity index (χ1v) is 2.92. The third-order valence-corrected chi connectivity index (χ3v) is 1.19. The molecule has 0 aliphatic carbocycles. The maximum absolute atomic E-state index is 10.6. The van der Waals surface area contributed by atoms with Crippen LogP contribution in [0.4, 0.5) is 0 Å². The van der Waals surface area contributed by atoms with Crippen molar-refractivity contribution in [3.8, 4) is 0 Å². The van der Waals surface area contributed by atoms with Crippen molar-refractivity contribution in [3.63, 3.8) is 0 Å². The molecule has 0 aromatic carbocycles. The molecular formula is C7H9NO. The fraction of sp³-hybridized carbons (Fsp3) is 0.286. The average molecular weight is 123 g/mol. The van der Waals surface area contributed by atoms with Crippen LogP contribution in [0.5, 0.6) is 0 Å². The lowest BCUT2D eigenvalue weighted by atomic mass is 10.2. The highest BCUT2D eigenvalue weighted by atomic mass is 16.1. The van der Waals surface area contributed by atoms with Crippen molar-refractivity contribution in [2.75, 3.05) is 6.54 Å². The van der Waals surface area contributed by atoms with Gasteiger partial charge in [-0.2, -0.15) is 0 Å². The van der Waals surface area contributed by atoms with Crippen molar-refractivity contribution in [3.05, 3.63) is 23.9 Å². The number of Topliss-reactive ketones (excluding diaryl/α,β-unsaturated/α-hetero) is 1. The van der Waals surface area contributed by atoms with Crippen LogP contribution in [0.15, 0.2) is 23.9 Å². The molecule has 0 saturated heterocycles. The molecule has 9 heavy (non-hydrogen) atoms. The summed E-state index contributed by atoms with van der Waals surface area (Å²) in [5, 5.41) is 2.94. The van der Waals surface area contributed by atoms with Crippen molar-refractivity contribution in [1.29, 1.82) is 0 Å². The standard InChI is InChI=1S/C7H9NO/c1-6(9)7-4-2-3-5-8-7/h2-4,8H,5H2,1H3. The van der Waals surface area contributed by atoms with E-state index in [-0.39, 0.29) is 5.78 Å². The van der Waals surface area contributed by atoms with Crippen LogP contribution in [-0.4, -0.2) is 12.3 Å². The summed E-state index contributed by atoms with van der Waals surface area (Å²) in [4.78, 5) is 10.6. The summed E-state index contributed by atoms with van der Waals surface area (Å²) in [5.41, 5.74) is 0.706. The lowest BCUT2D eigenvalue weighted by Crippen LogP contribution is -2.20. The Hall–Kier alpha value is -1.05. The van der Waals surface area contributed by atoms with E-state index in [0.29, 0.717) is 5.70 Å². The Kier molecular flexibility index (Phi) is 1.68. The zero-order valence-corrected chi connectivity index (χ0v) is 5.35. The highest BCUT2D eigenvalue weighted by Crippen LogP contribution is 1.95. The molecule has 1 heterocycles. The van der Waals surface area contributed by atoms with Crippen molar-refractivity contribution in [1.82, 2.24) is 5.32 Å². The van der Waals surface area contributed by atoms with E-state index in [4.69, 9.17) is 0 Å². The smallest absolute Gasteiger partial charge is 0.175 e. The predicted octanol–water partition coefficient (Wildman–Crippen LogP) is 0.619. The molecular weight excluding hydrogens is 114 g/mol. The summed E-state index contributed by atoms with van der Waals surface area (Å²) in [5.74, 6) is 0.0966. The van der Waals surface area contributed by atoms with E-state index in [1.807, 2.05) is 12.2 Å². The van der Waals surface area contributed by atoms with Gasteiger partial charge in [-0.05, 0) is 6.08 Å². The molecule has 0 fully saturated rings. The van der Waals surface area contributed by atoms with Gasteiger partial charge < -0.3 is 5.32 Å². The van der Waals surface area contributed by atoms with Gasteiger partial charge in [-0.1, -0.05) is 12.2 Å². The van der Waals surface area contributed by atoms with E-state index in [1.54, 1.807) is 13.0 Å². The summed E-state index contributed by atoms with van der Waals surface area (Å²) in [6, 6.07) is 0. The van der Waals surface area contributed by atoms with Crippen LogP contribution in [0.25, 0.3) is 0 Å². The number of carbonyl (C=O) groups excluding carboxylic acids is 1. The molecule has 0 radical (unpaired) electrons. The molecule has 0 atom stereocenters. The molecule has 0 unspecified atom stereocenters. The van der Waals surface area contributed by atoms with Gasteiger partial charge >= 0.3 is 0 Å². The maximum Gasteiger partial charge on any atom is 0.175 e. The molecule has 0 saturated carbocycles. The molecule has 0 spiro atoms. The second-order valence-electron chi connectivity index (χ2n) is 1.95. The van der Waals surface area contributed by atoms with E-state index < -0.39 is 0 Å². The molecule has 0 bridgehead atoms. The Morgan fingerprint density at radius 1 is 1.78 bits per heavy atom. The molecule has 2 nitrogen and oxygen atoms in total. The second kappa shape index (κ2) is 2.49. The molecule has 1 N–H and O–H groups in total. The van der Waals surface area contributed by atoms with E-state index in [0.717, 1.165) is 6.54 Å². The summed E-state index contributed by atoms with van der Waals surface area (Å²) >= 11 is 0. The number of nitrogens with one attached hydrogen (secondary N) is 1. The third kappa shape index (κ3) is 1.42. The first-order chi connectivity index (χ1) is 4.30. The van der Waals surface area contributed by atoms with Gasteiger partial charge in [-0.3, -0.25) is 4.79 Å². The number of ketones is 1. The number of hydrogen-bond donors (Lipinski definition) is 1. The maximum atomic E-state index is 10.6. The van der Waals surface area contributed by atoms with Crippen molar-refractivity contribution < 1.29 is 4.79 Å². The fourth-order valence-corrected chi connectivity index (χ4v) is 0.702. The van der Waals surface area contributed by atoms with E-state index in [2.05, 4.69) is 5.32 Å². The number of rotatable bonds is 1. The Balaban J connectivity index is 2.68. The van der Waals surface area contributed by atoms with Crippen LogP contribution in [0.2, 0.25) is 0 Å². The van der Waals surface area contributed by atoms with Gasteiger partial charge in [0.1, 0.15) is 0 Å². The van der Waals surface area contributed by atoms with Crippen molar-refractivity contribution >= 4 is 5.78 Å². The Morgan fingerprint density at radius 3 is 2.89 bits per heavy atom. The predicted molar refractivity (Wildman–Crippen MR) is 35.9 cm³/mol. The summed E-state index contributed by atoms with van der Waals surface area (Å²) in [7, 11) is 0. The monoisotopic (exact) mass is 123 g/mol. The largest absolute Gasteiger partial charge is 0.379 e. The second-order valence-corrected chi connectivity index (χ2v) is 1.95. The quantitative estimate of drug-likeness (QED) is 0.553. The molecule has 48 valence electrons. The topological polar surface area (TPSA) is 29.1 Å². The van der Waals surface area contributed by atoms with Crippen LogP contribution in [0.1, 0.15) is 6.92 Å². The van der Waals surface area contributed by atoms with Gasteiger partial charge in [0.15, 0.2) is 5.78 Å². The van der Waals surface area contributed by atoms with Crippen molar-refractivity contribution in [2.45, 2.75) is 6.92 Å². The lowest BCUT2D eigenvalue weighted by Gasteiger charge is -2.06. The third-order valence-electron chi connectivity index (χ3n) is 1.19. The fourth-order valence-electron chi connectivity index (χ4n) is 0.702. The summed E-state index contributed by atoms with van der Waals surface area (Å²) in [6.45, 7) is 2.32. The molecule has 2 heteroatoms. The SMILES string of the molecule is CC(=O)C1=CC=CCN1. The normalized spacial score (nSPS) is 16.3. The minimum absolute atomic E-state index is 0.0966. The number of carbonyl (C=O) groups is 1. The van der Waals surface area contributed by atoms with Gasteiger partial charge in [-0.15, -0.1) is 0 Å². The van der Waals surface area contributed by atoms with E-state index in [9.17, 15) is 4.79 Å². The lowest BCUT2D eigenvalue weighted by molar-refractivity contribution is -0.113. The van der Waals surface area contributed by atoms with Crippen LogP contribution in [0.3, 0.4) is 0 Å². The van der Waals surface area contributed by atoms with Crippen LogP contribution in [-0.2, 0) is 4.79 Å². The van der Waals surface area contributed by atoms with Crippen LogP contribution >= 0.6 is 0 Å². The Labute approximate surface area is 54.3 Å². The molecule has 1 aliphatic heterocycles. The number of dihydropyridines is 1. The van der Waals surface area contributed by atoms with Crippen molar-refractivity contribution in [2.24, 2.45) is 0 Å². The number of allylic oxidation sites excluding steroid dienone is 3. The molecule has 1 rings (SSSR count). The van der Waals surface area contributed by atoms with E-state index in [1.165, 1.54) is 0 Å². The van der Waals surface area contributed by atoms with Gasteiger partial charge in [0.2, 0.25) is 0 Å². The molecule has 0 aromatic rings. The highest BCUT2D eigenvalue weighted by Gasteiger charge is 2.01. The van der Waals surface area contributed by atoms with Gasteiger partial charge in [0, 0.05) is 13.5 Å². The average Bonchev–Trinajstić information content (AvgIpc) is 1.90. The zero-order valence-electron chi connectivity index (χ0n) is 5.35. The molecule has 0 aromatic heterocycles. The summed E-state index contributed by atoms with van der Waals surface area (Å²) < 4.78 is 0. The first-order valence-electron chi connectivity index (χ1n) is 2.92. The minimum Gasteiger partial charge on any atom is -0.379 e. The van der Waals surface area contributed by atoms with E-state index >= 15 is 0 Å². The Morgan fingerprint density at radius 2 is 2.56 bits per heavy atom. The van der Waals surface area contributed by atoms with Crippen LogP contribution < -0.4 is 5.32 Å². The molecule has 1 aliphatic rings. The highest BCUT2D eigenvalue weighted by molar-refractivity contribution is 5.93. The summed E-state index contributed by atoms with van der Waals surface area (Å²) in [6.07, 6.45) is 5.63. The van der Waals surface area contributed by atoms with Gasteiger partial charge in [-0.25, -0.2) is 0 Å². The Bertz CT molecular complexity index is 179. The van der Waals surface area contributed by atoms with Crippen LogP contribution in [0, 0.1) is 0 Å². The zero-order chi connectivity index (χ0) is 6.69. The minimum atomic E-state index is 0.0966. The molecule has 0 amide bonds.